The third kappa shape index (κ3) is 5.05. The van der Waals surface area contributed by atoms with E-state index in [0.717, 1.165) is 24.8 Å². The molecule has 2 aliphatic rings. The molecule has 1 aromatic rings. The van der Waals surface area contributed by atoms with Crippen molar-refractivity contribution in [2.75, 3.05) is 6.61 Å². The summed E-state index contributed by atoms with van der Waals surface area (Å²) in [5, 5.41) is 15.6. The van der Waals surface area contributed by atoms with Crippen molar-refractivity contribution in [2.45, 2.75) is 63.3 Å². The Labute approximate surface area is 154 Å². The lowest BCUT2D eigenvalue weighted by Gasteiger charge is -2.36. The van der Waals surface area contributed by atoms with Gasteiger partial charge >= 0.3 is 0 Å². The second-order valence-electron chi connectivity index (χ2n) is 7.35. The third-order valence-corrected chi connectivity index (χ3v) is 5.16. The first-order valence-corrected chi connectivity index (χ1v) is 9.47. The van der Waals surface area contributed by atoms with E-state index >= 15 is 0 Å². The van der Waals surface area contributed by atoms with Gasteiger partial charge in [-0.2, -0.15) is 0 Å². The molecule has 0 bridgehead atoms. The van der Waals surface area contributed by atoms with Crippen molar-refractivity contribution in [3.63, 3.8) is 0 Å². The highest BCUT2D eigenvalue weighted by Gasteiger charge is 2.36. The van der Waals surface area contributed by atoms with E-state index in [2.05, 4.69) is 10.6 Å². The highest BCUT2D eigenvalue weighted by molar-refractivity contribution is 5.81. The van der Waals surface area contributed by atoms with Gasteiger partial charge < -0.3 is 20.5 Å². The maximum Gasteiger partial charge on any atom is 0.223 e. The van der Waals surface area contributed by atoms with E-state index in [1.54, 1.807) is 0 Å². The molecule has 2 fully saturated rings. The van der Waals surface area contributed by atoms with Gasteiger partial charge in [0.2, 0.25) is 11.8 Å². The number of amides is 2. The lowest BCUT2D eigenvalue weighted by Crippen LogP contribution is -2.51. The Kier molecular flexibility index (Phi) is 6.27. The van der Waals surface area contributed by atoms with Crippen LogP contribution in [0.2, 0.25) is 0 Å². The Hall–Kier alpha value is -1.92. The Morgan fingerprint density at radius 3 is 2.58 bits per heavy atom. The fraction of sp³-hybridized carbons (Fsp3) is 0.600. The summed E-state index contributed by atoms with van der Waals surface area (Å²) in [4.78, 5) is 24.3. The van der Waals surface area contributed by atoms with E-state index < -0.39 is 6.10 Å². The molecular weight excluding hydrogens is 332 g/mol. The maximum absolute atomic E-state index is 12.3. The topological polar surface area (TPSA) is 87.7 Å². The number of carbonyl (C=O) groups excluding carboxylic acids is 2. The molecule has 6 heteroatoms. The number of nitrogens with one attached hydrogen (secondary N) is 2. The van der Waals surface area contributed by atoms with Crippen molar-refractivity contribution in [1.82, 2.24) is 10.6 Å². The molecule has 1 aliphatic carbocycles. The summed E-state index contributed by atoms with van der Waals surface area (Å²) in [5.74, 6) is 0.130. The van der Waals surface area contributed by atoms with Gasteiger partial charge in [0.25, 0.3) is 0 Å². The van der Waals surface area contributed by atoms with Crippen LogP contribution in [-0.4, -0.2) is 41.8 Å². The first kappa shape index (κ1) is 18.9. The average molecular weight is 360 g/mol. The molecule has 1 saturated carbocycles. The van der Waals surface area contributed by atoms with Gasteiger partial charge in [-0.3, -0.25) is 9.59 Å². The number of ether oxygens (including phenoxy) is 1. The van der Waals surface area contributed by atoms with Crippen LogP contribution < -0.4 is 10.6 Å². The number of aliphatic hydroxyl groups excluding tert-OH is 1. The van der Waals surface area contributed by atoms with Gasteiger partial charge in [-0.1, -0.05) is 30.3 Å². The van der Waals surface area contributed by atoms with Gasteiger partial charge in [-0.05, 0) is 38.2 Å². The Morgan fingerprint density at radius 2 is 1.92 bits per heavy atom. The molecule has 1 saturated heterocycles. The monoisotopic (exact) mass is 360 g/mol. The predicted octanol–water partition coefficient (Wildman–Crippen LogP) is 1.69. The van der Waals surface area contributed by atoms with Gasteiger partial charge in [0, 0.05) is 5.92 Å². The van der Waals surface area contributed by atoms with Gasteiger partial charge in [0.15, 0.2) is 0 Å². The molecular formula is C20H28N2O4. The lowest BCUT2D eigenvalue weighted by atomic mass is 9.96. The second kappa shape index (κ2) is 8.64. The molecule has 142 valence electrons. The van der Waals surface area contributed by atoms with Gasteiger partial charge in [0.05, 0.1) is 31.2 Å². The molecule has 0 radical (unpaired) electrons. The van der Waals surface area contributed by atoms with Crippen molar-refractivity contribution in [3.05, 3.63) is 35.9 Å². The average Bonchev–Trinajstić information content (AvgIpc) is 3.48. The van der Waals surface area contributed by atoms with Crippen LogP contribution in [0.3, 0.4) is 0 Å². The van der Waals surface area contributed by atoms with Gasteiger partial charge in [-0.25, -0.2) is 0 Å². The number of hydrogen-bond donors (Lipinski definition) is 3. The zero-order chi connectivity index (χ0) is 18.5. The van der Waals surface area contributed by atoms with Gasteiger partial charge in [-0.15, -0.1) is 0 Å². The van der Waals surface area contributed by atoms with Crippen molar-refractivity contribution < 1.29 is 19.4 Å². The van der Waals surface area contributed by atoms with Crippen LogP contribution in [0.25, 0.3) is 0 Å². The Bertz CT molecular complexity index is 617. The number of aliphatic hydroxyl groups is 1. The van der Waals surface area contributed by atoms with E-state index in [0.29, 0.717) is 6.42 Å². The van der Waals surface area contributed by atoms with Crippen LogP contribution in [0.5, 0.6) is 0 Å². The SMILES string of the molecule is C[C@@H](NC(=O)C[C@H]1CC[C@@H](NC(=O)C2CC2)[C@H](CO)O1)c1ccccc1. The van der Waals surface area contributed by atoms with Crippen LogP contribution in [-0.2, 0) is 14.3 Å². The van der Waals surface area contributed by atoms with Crippen LogP contribution in [0.4, 0.5) is 0 Å². The summed E-state index contributed by atoms with van der Waals surface area (Å²) in [6, 6.07) is 9.58. The molecule has 3 N–H and O–H groups in total. The van der Waals surface area contributed by atoms with Gasteiger partial charge in [0.1, 0.15) is 6.10 Å². The fourth-order valence-electron chi connectivity index (χ4n) is 3.43. The van der Waals surface area contributed by atoms with Crippen LogP contribution in [0.15, 0.2) is 30.3 Å². The van der Waals surface area contributed by atoms with E-state index in [9.17, 15) is 14.7 Å². The minimum Gasteiger partial charge on any atom is -0.394 e. The molecule has 2 amide bonds. The number of carbonyl (C=O) groups is 2. The summed E-state index contributed by atoms with van der Waals surface area (Å²) in [6.07, 6.45) is 2.89. The summed E-state index contributed by atoms with van der Waals surface area (Å²) in [6.45, 7) is 1.79. The van der Waals surface area contributed by atoms with Crippen LogP contribution in [0.1, 0.15) is 50.6 Å². The molecule has 0 unspecified atom stereocenters. The molecule has 1 aromatic carbocycles. The zero-order valence-corrected chi connectivity index (χ0v) is 15.2. The second-order valence-corrected chi connectivity index (χ2v) is 7.35. The third-order valence-electron chi connectivity index (χ3n) is 5.16. The quantitative estimate of drug-likeness (QED) is 0.690. The minimum absolute atomic E-state index is 0.0601. The van der Waals surface area contributed by atoms with E-state index in [1.165, 1.54) is 0 Å². The van der Waals surface area contributed by atoms with E-state index in [1.807, 2.05) is 37.3 Å². The van der Waals surface area contributed by atoms with Crippen molar-refractivity contribution >= 4 is 11.8 Å². The smallest absolute Gasteiger partial charge is 0.223 e. The predicted molar refractivity (Wildman–Crippen MR) is 97.3 cm³/mol. The minimum atomic E-state index is -0.448. The molecule has 4 atom stereocenters. The molecule has 1 heterocycles. The van der Waals surface area contributed by atoms with Crippen molar-refractivity contribution in [1.29, 1.82) is 0 Å². The van der Waals surface area contributed by atoms with Crippen LogP contribution in [0, 0.1) is 5.92 Å². The number of benzene rings is 1. The standard InChI is InChI=1S/C20H28N2O4/c1-13(14-5-3-2-4-6-14)21-19(24)11-16-9-10-17(18(12-23)26-16)22-20(25)15-7-8-15/h2-6,13,15-18,23H,7-12H2,1H3,(H,21,24)(H,22,25)/t13-,16-,17-,18+/m1/s1. The highest BCUT2D eigenvalue weighted by atomic mass is 16.5. The van der Waals surface area contributed by atoms with Crippen LogP contribution >= 0.6 is 0 Å². The van der Waals surface area contributed by atoms with E-state index in [4.69, 9.17) is 4.74 Å². The Morgan fingerprint density at radius 1 is 1.19 bits per heavy atom. The maximum atomic E-state index is 12.3. The van der Waals surface area contributed by atoms with Crippen molar-refractivity contribution in [3.8, 4) is 0 Å². The normalized spacial score (nSPS) is 26.8. The highest BCUT2D eigenvalue weighted by Crippen LogP contribution is 2.30. The van der Waals surface area contributed by atoms with E-state index in [-0.39, 0.29) is 48.9 Å². The van der Waals surface area contributed by atoms with Crippen molar-refractivity contribution in [2.24, 2.45) is 5.92 Å². The number of hydrogen-bond acceptors (Lipinski definition) is 4. The summed E-state index contributed by atoms with van der Waals surface area (Å²) < 4.78 is 5.88. The number of rotatable bonds is 7. The molecule has 0 spiro atoms. The summed E-state index contributed by atoms with van der Waals surface area (Å²) in [7, 11) is 0. The molecule has 1 aliphatic heterocycles. The molecule has 0 aromatic heterocycles. The summed E-state index contributed by atoms with van der Waals surface area (Å²) in [5.41, 5.74) is 1.06. The first-order chi connectivity index (χ1) is 12.6. The first-order valence-electron chi connectivity index (χ1n) is 9.47. The molecule has 26 heavy (non-hydrogen) atoms. The molecule has 3 rings (SSSR count). The fourth-order valence-corrected chi connectivity index (χ4v) is 3.43. The Balaban J connectivity index is 1.46. The molecule has 6 nitrogen and oxygen atoms in total. The lowest BCUT2D eigenvalue weighted by molar-refractivity contribution is -0.136. The zero-order valence-electron chi connectivity index (χ0n) is 15.2. The summed E-state index contributed by atoms with van der Waals surface area (Å²) >= 11 is 0. The largest absolute Gasteiger partial charge is 0.394 e.